The lowest BCUT2D eigenvalue weighted by Gasteiger charge is -1.99. The summed E-state index contributed by atoms with van der Waals surface area (Å²) >= 11 is 4.12. The lowest BCUT2D eigenvalue weighted by molar-refractivity contribution is 0.104. The lowest BCUT2D eigenvalue weighted by atomic mass is 10.0. The van der Waals surface area contributed by atoms with Gasteiger partial charge in [0.05, 0.1) is 0 Å². The molecule has 1 aliphatic carbocycles. The third kappa shape index (κ3) is 2.07. The Hall–Kier alpha value is -1.98. The van der Waals surface area contributed by atoms with Gasteiger partial charge in [0, 0.05) is 28.9 Å². The van der Waals surface area contributed by atoms with Crippen LogP contribution in [-0.2, 0) is 0 Å². The van der Waals surface area contributed by atoms with Gasteiger partial charge in [-0.15, -0.1) is 0 Å². The first-order chi connectivity index (χ1) is 9.31. The number of carbonyl (C=O) groups is 1. The number of benzene rings is 2. The number of thiol groups is 1. The van der Waals surface area contributed by atoms with Gasteiger partial charge in [0.1, 0.15) is 0 Å². The van der Waals surface area contributed by atoms with Gasteiger partial charge in [-0.05, 0) is 23.3 Å². The van der Waals surface area contributed by atoms with Crippen molar-refractivity contribution in [2.45, 2.75) is 6.42 Å². The Kier molecular flexibility index (Phi) is 3.15. The molecule has 1 aliphatic rings. The molecule has 2 aromatic carbocycles. The lowest BCUT2D eigenvalue weighted by Crippen LogP contribution is -1.95. The van der Waals surface area contributed by atoms with Crippen molar-refractivity contribution in [2.75, 3.05) is 5.75 Å². The van der Waals surface area contributed by atoms with Crippen LogP contribution in [0.25, 0.3) is 11.1 Å². The molecule has 0 aliphatic heterocycles. The van der Waals surface area contributed by atoms with Gasteiger partial charge in [0.15, 0.2) is 5.78 Å². The fraction of sp³-hybridized carbons (Fsp3) is 0.118. The molecule has 0 saturated carbocycles. The molecule has 0 unspecified atom stereocenters. The first kappa shape index (κ1) is 12.1. The van der Waals surface area contributed by atoms with E-state index in [-0.39, 0.29) is 5.78 Å². The van der Waals surface area contributed by atoms with Crippen LogP contribution in [0.15, 0.2) is 42.5 Å². The minimum absolute atomic E-state index is 0.100. The molecule has 1 nitrogen and oxygen atoms in total. The monoisotopic (exact) mass is 264 g/mol. The van der Waals surface area contributed by atoms with Crippen molar-refractivity contribution in [1.82, 2.24) is 0 Å². The fourth-order valence-electron chi connectivity index (χ4n) is 2.33. The van der Waals surface area contributed by atoms with Gasteiger partial charge in [-0.1, -0.05) is 42.2 Å². The standard InChI is InChI=1S/C17H12OS/c18-17-15-7-2-1-6-13(15)14-9-8-12(11-16(14)17)5-3-4-10-19/h1-2,6-9,11,19H,4,10H2. The van der Waals surface area contributed by atoms with E-state index in [1.807, 2.05) is 42.5 Å². The summed E-state index contributed by atoms with van der Waals surface area (Å²) in [5.41, 5.74) is 4.48. The Morgan fingerprint density at radius 1 is 0.947 bits per heavy atom. The molecule has 0 amide bonds. The van der Waals surface area contributed by atoms with E-state index >= 15 is 0 Å². The van der Waals surface area contributed by atoms with Gasteiger partial charge in [-0.2, -0.15) is 12.6 Å². The van der Waals surface area contributed by atoms with Gasteiger partial charge in [0.2, 0.25) is 0 Å². The predicted molar refractivity (Wildman–Crippen MR) is 80.7 cm³/mol. The Morgan fingerprint density at radius 2 is 1.68 bits per heavy atom. The number of rotatable bonds is 1. The molecule has 2 heteroatoms. The highest BCUT2D eigenvalue weighted by Gasteiger charge is 2.25. The van der Waals surface area contributed by atoms with E-state index in [0.29, 0.717) is 0 Å². The van der Waals surface area contributed by atoms with Crippen LogP contribution in [0.3, 0.4) is 0 Å². The molecular weight excluding hydrogens is 252 g/mol. The maximum absolute atomic E-state index is 12.3. The van der Waals surface area contributed by atoms with E-state index < -0.39 is 0 Å². The molecule has 0 radical (unpaired) electrons. The number of ketones is 1. The van der Waals surface area contributed by atoms with Crippen molar-refractivity contribution < 1.29 is 4.79 Å². The molecule has 0 bridgehead atoms. The summed E-state index contributed by atoms with van der Waals surface area (Å²) in [6, 6.07) is 13.6. The minimum Gasteiger partial charge on any atom is -0.289 e. The highest BCUT2D eigenvalue weighted by atomic mass is 32.1. The molecule has 2 aromatic rings. The molecule has 0 aromatic heterocycles. The molecule has 92 valence electrons. The SMILES string of the molecule is O=C1c2ccccc2-c2ccc(C#CCCS)cc21. The molecule has 0 N–H and O–H groups in total. The van der Waals surface area contributed by atoms with Crippen molar-refractivity contribution in [3.05, 3.63) is 59.2 Å². The second-order valence-corrected chi connectivity index (χ2v) is 4.86. The topological polar surface area (TPSA) is 17.1 Å². The first-order valence-electron chi connectivity index (χ1n) is 6.19. The highest BCUT2D eigenvalue weighted by Crippen LogP contribution is 2.36. The second-order valence-electron chi connectivity index (χ2n) is 4.41. The van der Waals surface area contributed by atoms with Gasteiger partial charge >= 0.3 is 0 Å². The molecule has 0 heterocycles. The maximum atomic E-state index is 12.3. The van der Waals surface area contributed by atoms with Gasteiger partial charge in [-0.25, -0.2) is 0 Å². The van der Waals surface area contributed by atoms with Crippen LogP contribution in [-0.4, -0.2) is 11.5 Å². The van der Waals surface area contributed by atoms with E-state index in [4.69, 9.17) is 0 Å². The highest BCUT2D eigenvalue weighted by molar-refractivity contribution is 7.80. The Labute approximate surface area is 118 Å². The summed E-state index contributed by atoms with van der Waals surface area (Å²) in [5.74, 6) is 6.97. The maximum Gasteiger partial charge on any atom is 0.194 e. The average molecular weight is 264 g/mol. The third-order valence-corrected chi connectivity index (χ3v) is 3.42. The minimum atomic E-state index is 0.100. The molecular formula is C17H12OS. The Bertz CT molecular complexity index is 720. The normalized spacial score (nSPS) is 11.5. The average Bonchev–Trinajstić information content (AvgIpc) is 2.73. The van der Waals surface area contributed by atoms with Crippen LogP contribution < -0.4 is 0 Å². The van der Waals surface area contributed by atoms with Crippen molar-refractivity contribution in [3.8, 4) is 23.0 Å². The van der Waals surface area contributed by atoms with Crippen molar-refractivity contribution in [3.63, 3.8) is 0 Å². The zero-order valence-electron chi connectivity index (χ0n) is 10.3. The fourth-order valence-corrected chi connectivity index (χ4v) is 2.44. The van der Waals surface area contributed by atoms with Gasteiger partial charge in [-0.3, -0.25) is 4.79 Å². The predicted octanol–water partition coefficient (Wildman–Crippen LogP) is 3.57. The van der Waals surface area contributed by atoms with Crippen molar-refractivity contribution in [1.29, 1.82) is 0 Å². The molecule has 0 fully saturated rings. The molecule has 0 spiro atoms. The molecule has 3 rings (SSSR count). The van der Waals surface area contributed by atoms with Crippen LogP contribution in [0.2, 0.25) is 0 Å². The van der Waals surface area contributed by atoms with E-state index in [1.165, 1.54) is 0 Å². The van der Waals surface area contributed by atoms with E-state index in [0.717, 1.165) is 40.0 Å². The summed E-state index contributed by atoms with van der Waals surface area (Å²) in [4.78, 5) is 12.3. The quantitative estimate of drug-likeness (QED) is 0.525. The summed E-state index contributed by atoms with van der Waals surface area (Å²) in [5, 5.41) is 0. The third-order valence-electron chi connectivity index (χ3n) is 3.20. The van der Waals surface area contributed by atoms with Crippen LogP contribution in [0.4, 0.5) is 0 Å². The van der Waals surface area contributed by atoms with E-state index in [1.54, 1.807) is 0 Å². The number of fused-ring (bicyclic) bond motifs is 3. The Morgan fingerprint density at radius 3 is 2.47 bits per heavy atom. The summed E-state index contributed by atoms with van der Waals surface area (Å²) < 4.78 is 0. The van der Waals surface area contributed by atoms with Crippen molar-refractivity contribution in [2.24, 2.45) is 0 Å². The summed E-state index contributed by atoms with van der Waals surface area (Å²) in [6.07, 6.45) is 0.758. The number of carbonyl (C=O) groups excluding carboxylic acids is 1. The molecule has 19 heavy (non-hydrogen) atoms. The zero-order valence-corrected chi connectivity index (χ0v) is 11.2. The summed E-state index contributed by atoms with van der Waals surface area (Å²) in [6.45, 7) is 0. The van der Waals surface area contributed by atoms with Crippen LogP contribution in [0.5, 0.6) is 0 Å². The van der Waals surface area contributed by atoms with E-state index in [9.17, 15) is 4.79 Å². The molecule has 0 saturated heterocycles. The van der Waals surface area contributed by atoms with Crippen LogP contribution >= 0.6 is 12.6 Å². The first-order valence-corrected chi connectivity index (χ1v) is 6.82. The van der Waals surface area contributed by atoms with Crippen LogP contribution in [0, 0.1) is 11.8 Å². The van der Waals surface area contributed by atoms with Gasteiger partial charge in [0.25, 0.3) is 0 Å². The van der Waals surface area contributed by atoms with E-state index in [2.05, 4.69) is 24.5 Å². The largest absolute Gasteiger partial charge is 0.289 e. The van der Waals surface area contributed by atoms with Gasteiger partial charge < -0.3 is 0 Å². The second kappa shape index (κ2) is 4.95. The van der Waals surface area contributed by atoms with Crippen LogP contribution in [0.1, 0.15) is 27.9 Å². The molecule has 0 atom stereocenters. The smallest absolute Gasteiger partial charge is 0.194 e. The number of hydrogen-bond acceptors (Lipinski definition) is 2. The zero-order chi connectivity index (χ0) is 13.2. The Balaban J connectivity index is 2.06. The summed E-state index contributed by atoms with van der Waals surface area (Å²) in [7, 11) is 0. The van der Waals surface area contributed by atoms with Crippen molar-refractivity contribution >= 4 is 18.4 Å². The number of hydrogen-bond donors (Lipinski definition) is 1.